The summed E-state index contributed by atoms with van der Waals surface area (Å²) in [7, 11) is 0. The van der Waals surface area contributed by atoms with Gasteiger partial charge in [-0.15, -0.1) is 0 Å². The molecule has 0 unspecified atom stereocenters. The number of carbonyl (C=O) groups is 1. The molecule has 0 aliphatic carbocycles. The fraction of sp³-hybridized carbons (Fsp3) is 0.133. The summed E-state index contributed by atoms with van der Waals surface area (Å²) in [5.41, 5.74) is 1.57. The summed E-state index contributed by atoms with van der Waals surface area (Å²) >= 11 is 0. The van der Waals surface area contributed by atoms with E-state index >= 15 is 0 Å². The minimum Gasteiger partial charge on any atom is -0.508 e. The molecule has 0 radical (unpaired) electrons. The number of rotatable bonds is 4. The van der Waals surface area contributed by atoms with Gasteiger partial charge >= 0.3 is 5.97 Å². The Morgan fingerprint density at radius 1 is 1.21 bits per heavy atom. The minimum atomic E-state index is -0.965. The van der Waals surface area contributed by atoms with Gasteiger partial charge < -0.3 is 14.9 Å². The second-order valence-corrected chi connectivity index (χ2v) is 4.20. The lowest BCUT2D eigenvalue weighted by Crippen LogP contribution is -2.07. The van der Waals surface area contributed by atoms with E-state index in [1.54, 1.807) is 43.3 Å². The van der Waals surface area contributed by atoms with Crippen molar-refractivity contribution in [3.8, 4) is 11.5 Å². The van der Waals surface area contributed by atoms with Crippen LogP contribution < -0.4 is 4.74 Å². The summed E-state index contributed by atoms with van der Waals surface area (Å²) in [6, 6.07) is 11.7. The summed E-state index contributed by atoms with van der Waals surface area (Å²) in [6.45, 7) is 1.90. The van der Waals surface area contributed by atoms with Crippen LogP contribution in [-0.4, -0.2) is 16.2 Å². The molecule has 0 amide bonds. The average molecular weight is 258 g/mol. The topological polar surface area (TPSA) is 66.8 Å². The summed E-state index contributed by atoms with van der Waals surface area (Å²) in [5, 5.41) is 18.5. The highest BCUT2D eigenvalue weighted by atomic mass is 16.5. The predicted molar refractivity (Wildman–Crippen MR) is 70.6 cm³/mol. The minimum absolute atomic E-state index is 0.111. The maximum Gasteiger partial charge on any atom is 0.336 e. The zero-order valence-electron chi connectivity index (χ0n) is 10.5. The summed E-state index contributed by atoms with van der Waals surface area (Å²) in [5.74, 6) is -0.356. The fourth-order valence-corrected chi connectivity index (χ4v) is 1.89. The third-order valence-corrected chi connectivity index (χ3v) is 2.78. The van der Waals surface area contributed by atoms with Crippen LogP contribution in [0.3, 0.4) is 0 Å². The predicted octanol–water partition coefficient (Wildman–Crippen LogP) is 2.98. The highest BCUT2D eigenvalue weighted by Gasteiger charge is 2.13. The molecule has 0 aliphatic rings. The van der Waals surface area contributed by atoms with Crippen LogP contribution >= 0.6 is 0 Å². The normalized spacial score (nSPS) is 10.2. The van der Waals surface area contributed by atoms with Crippen LogP contribution in [0.1, 0.15) is 21.5 Å². The van der Waals surface area contributed by atoms with Gasteiger partial charge in [0.25, 0.3) is 0 Å². The Morgan fingerprint density at radius 3 is 2.63 bits per heavy atom. The third-order valence-electron chi connectivity index (χ3n) is 2.78. The van der Waals surface area contributed by atoms with E-state index in [4.69, 9.17) is 4.74 Å². The number of aryl methyl sites for hydroxylation is 1. The van der Waals surface area contributed by atoms with Crippen molar-refractivity contribution in [2.75, 3.05) is 0 Å². The van der Waals surface area contributed by atoms with Gasteiger partial charge in [0.2, 0.25) is 0 Å². The molecule has 0 saturated heterocycles. The van der Waals surface area contributed by atoms with Crippen molar-refractivity contribution in [3.05, 3.63) is 59.2 Å². The highest BCUT2D eigenvalue weighted by molar-refractivity contribution is 5.91. The highest BCUT2D eigenvalue weighted by Crippen LogP contribution is 2.21. The Morgan fingerprint density at radius 2 is 1.95 bits per heavy atom. The lowest BCUT2D eigenvalue weighted by atomic mass is 10.0. The number of aromatic hydroxyl groups is 1. The molecule has 2 N–H and O–H groups in total. The van der Waals surface area contributed by atoms with Crippen LogP contribution in [0.25, 0.3) is 0 Å². The van der Waals surface area contributed by atoms with Gasteiger partial charge in [0.1, 0.15) is 18.1 Å². The molecule has 19 heavy (non-hydrogen) atoms. The fourth-order valence-electron chi connectivity index (χ4n) is 1.89. The Kier molecular flexibility index (Phi) is 3.71. The Hall–Kier alpha value is -2.49. The molecule has 0 spiro atoms. The van der Waals surface area contributed by atoms with Crippen LogP contribution in [-0.2, 0) is 6.61 Å². The third kappa shape index (κ3) is 3.04. The van der Waals surface area contributed by atoms with E-state index in [0.717, 1.165) is 0 Å². The number of phenolic OH excluding ortho intramolecular Hbond substituents is 1. The van der Waals surface area contributed by atoms with Crippen molar-refractivity contribution in [3.63, 3.8) is 0 Å². The largest absolute Gasteiger partial charge is 0.508 e. The summed E-state index contributed by atoms with van der Waals surface area (Å²) < 4.78 is 5.50. The SMILES string of the molecule is Cc1cccc(COc2cccc(O)c2)c1C(=O)O. The van der Waals surface area contributed by atoms with Gasteiger partial charge in [-0.3, -0.25) is 0 Å². The number of carboxylic acid groups (broad SMARTS) is 1. The number of carboxylic acids is 1. The molecule has 0 fully saturated rings. The van der Waals surface area contributed by atoms with Crippen molar-refractivity contribution in [2.24, 2.45) is 0 Å². The Balaban J connectivity index is 2.20. The average Bonchev–Trinajstić information content (AvgIpc) is 2.36. The molecule has 98 valence electrons. The molecule has 2 rings (SSSR count). The smallest absolute Gasteiger partial charge is 0.336 e. The summed E-state index contributed by atoms with van der Waals surface area (Å²) in [6.07, 6.45) is 0. The quantitative estimate of drug-likeness (QED) is 0.884. The molecule has 0 atom stereocenters. The van der Waals surface area contributed by atoms with Gasteiger partial charge in [-0.2, -0.15) is 0 Å². The summed E-state index contributed by atoms with van der Waals surface area (Å²) in [4.78, 5) is 11.2. The second-order valence-electron chi connectivity index (χ2n) is 4.20. The first-order valence-electron chi connectivity index (χ1n) is 5.81. The molecule has 4 nitrogen and oxygen atoms in total. The van der Waals surface area contributed by atoms with Crippen molar-refractivity contribution in [1.82, 2.24) is 0 Å². The van der Waals surface area contributed by atoms with Crippen molar-refractivity contribution in [2.45, 2.75) is 13.5 Å². The molecule has 0 bridgehead atoms. The van der Waals surface area contributed by atoms with E-state index in [1.165, 1.54) is 6.07 Å². The maximum absolute atomic E-state index is 11.2. The molecule has 4 heteroatoms. The number of aromatic carboxylic acids is 1. The van der Waals surface area contributed by atoms with Crippen molar-refractivity contribution in [1.29, 1.82) is 0 Å². The second kappa shape index (κ2) is 5.44. The molecular weight excluding hydrogens is 244 g/mol. The van der Waals surface area contributed by atoms with Crippen LogP contribution in [0, 0.1) is 6.92 Å². The molecule has 0 heterocycles. The van der Waals surface area contributed by atoms with Gasteiger partial charge in [-0.25, -0.2) is 4.79 Å². The van der Waals surface area contributed by atoms with E-state index < -0.39 is 5.97 Å². The van der Waals surface area contributed by atoms with Crippen LogP contribution in [0.4, 0.5) is 0 Å². The van der Waals surface area contributed by atoms with Gasteiger partial charge in [0, 0.05) is 11.6 Å². The number of phenols is 1. The number of hydrogen-bond donors (Lipinski definition) is 2. The number of hydrogen-bond acceptors (Lipinski definition) is 3. The number of benzene rings is 2. The van der Waals surface area contributed by atoms with Crippen molar-refractivity contribution < 1.29 is 19.7 Å². The standard InChI is InChI=1S/C15H14O4/c1-10-4-2-5-11(14(10)15(17)18)9-19-13-7-3-6-12(16)8-13/h2-8,16H,9H2,1H3,(H,17,18). The van der Waals surface area contributed by atoms with Crippen LogP contribution in [0.15, 0.2) is 42.5 Å². The monoisotopic (exact) mass is 258 g/mol. The molecule has 2 aromatic rings. The molecule has 2 aromatic carbocycles. The van der Waals surface area contributed by atoms with Crippen LogP contribution in [0.5, 0.6) is 11.5 Å². The van der Waals surface area contributed by atoms with Gasteiger partial charge in [-0.05, 0) is 24.6 Å². The molecule has 0 saturated carbocycles. The van der Waals surface area contributed by atoms with Gasteiger partial charge in [-0.1, -0.05) is 24.3 Å². The van der Waals surface area contributed by atoms with E-state index in [0.29, 0.717) is 16.9 Å². The zero-order valence-corrected chi connectivity index (χ0v) is 10.5. The first-order chi connectivity index (χ1) is 9.08. The number of ether oxygens (including phenoxy) is 1. The first kappa shape index (κ1) is 13.0. The van der Waals surface area contributed by atoms with Gasteiger partial charge in [0.15, 0.2) is 0 Å². The van der Waals surface area contributed by atoms with Gasteiger partial charge in [0.05, 0.1) is 5.56 Å². The van der Waals surface area contributed by atoms with Crippen molar-refractivity contribution >= 4 is 5.97 Å². The van der Waals surface area contributed by atoms with E-state index in [-0.39, 0.29) is 17.9 Å². The molecule has 0 aliphatic heterocycles. The lowest BCUT2D eigenvalue weighted by Gasteiger charge is -2.10. The maximum atomic E-state index is 11.2. The van der Waals surface area contributed by atoms with E-state index in [2.05, 4.69) is 0 Å². The molecular formula is C15H14O4. The molecule has 0 aromatic heterocycles. The van der Waals surface area contributed by atoms with E-state index in [1.807, 2.05) is 0 Å². The zero-order chi connectivity index (χ0) is 13.8. The Bertz CT molecular complexity index is 605. The Labute approximate surface area is 110 Å². The van der Waals surface area contributed by atoms with E-state index in [9.17, 15) is 15.0 Å². The van der Waals surface area contributed by atoms with Crippen LogP contribution in [0.2, 0.25) is 0 Å². The first-order valence-corrected chi connectivity index (χ1v) is 5.81. The lowest BCUT2D eigenvalue weighted by molar-refractivity contribution is 0.0693.